The molecule has 3 heteroatoms. The molecule has 1 aliphatic carbocycles. The van der Waals surface area contributed by atoms with E-state index < -0.39 is 0 Å². The Hall–Kier alpha value is -1.25. The Morgan fingerprint density at radius 1 is 1.36 bits per heavy atom. The van der Waals surface area contributed by atoms with Crippen LogP contribution in [0, 0.1) is 5.82 Å². The molecule has 0 N–H and O–H groups in total. The minimum atomic E-state index is -0.350. The van der Waals surface area contributed by atoms with Crippen molar-refractivity contribution in [3.05, 3.63) is 29.8 Å². The lowest BCUT2D eigenvalue weighted by Crippen LogP contribution is -2.17. The van der Waals surface area contributed by atoms with Crippen LogP contribution in [0.3, 0.4) is 0 Å². The molecule has 0 aromatic carbocycles. The first-order chi connectivity index (χ1) is 6.77. The molecular weight excluding hydrogens is 181 g/mol. The maximum Gasteiger partial charge on any atom is 0.141 e. The molecule has 1 heterocycles. The molecule has 1 saturated carbocycles. The minimum Gasteiger partial charge on any atom is -0.299 e. The Kier molecular flexibility index (Phi) is 2.57. The van der Waals surface area contributed by atoms with Gasteiger partial charge in [0, 0.05) is 6.42 Å². The van der Waals surface area contributed by atoms with Crippen LogP contribution < -0.4 is 0 Å². The highest BCUT2D eigenvalue weighted by atomic mass is 19.1. The van der Waals surface area contributed by atoms with Crippen molar-refractivity contribution in [1.82, 2.24) is 4.98 Å². The quantitative estimate of drug-likeness (QED) is 0.685. The summed E-state index contributed by atoms with van der Waals surface area (Å²) in [6.07, 6.45) is 4.73. The number of pyridine rings is 1. The fourth-order valence-electron chi connectivity index (χ4n) is 1.89. The van der Waals surface area contributed by atoms with E-state index >= 15 is 0 Å². The summed E-state index contributed by atoms with van der Waals surface area (Å²) in [6.45, 7) is 0. The lowest BCUT2D eigenvalue weighted by Gasteiger charge is -2.19. The molecule has 1 fully saturated rings. The molecule has 0 bridgehead atoms. The van der Waals surface area contributed by atoms with Gasteiger partial charge in [-0.05, 0) is 25.0 Å². The number of hydrogen-bond donors (Lipinski definition) is 0. The summed E-state index contributed by atoms with van der Waals surface area (Å²) in [5.74, 6) is -0.197. The highest BCUT2D eigenvalue weighted by molar-refractivity contribution is 5.85. The van der Waals surface area contributed by atoms with Crippen LogP contribution in [-0.2, 0) is 4.79 Å². The third kappa shape index (κ3) is 1.81. The lowest BCUT2D eigenvalue weighted by molar-refractivity contribution is -0.121. The van der Waals surface area contributed by atoms with E-state index in [9.17, 15) is 9.18 Å². The normalized spacial score (nSPS) is 22.4. The van der Waals surface area contributed by atoms with Crippen molar-refractivity contribution in [2.45, 2.75) is 31.6 Å². The van der Waals surface area contributed by atoms with Crippen molar-refractivity contribution < 1.29 is 9.18 Å². The van der Waals surface area contributed by atoms with Crippen LogP contribution in [0.25, 0.3) is 0 Å². The number of hydrogen-bond acceptors (Lipinski definition) is 2. The van der Waals surface area contributed by atoms with Gasteiger partial charge >= 0.3 is 0 Å². The number of nitrogens with zero attached hydrogens (tertiary/aromatic N) is 1. The number of rotatable bonds is 1. The number of halogens is 1. The summed E-state index contributed by atoms with van der Waals surface area (Å²) >= 11 is 0. The molecule has 14 heavy (non-hydrogen) atoms. The molecule has 74 valence electrons. The second-order valence-corrected chi connectivity index (χ2v) is 3.67. The first-order valence-electron chi connectivity index (χ1n) is 4.91. The summed E-state index contributed by atoms with van der Waals surface area (Å²) < 4.78 is 12.6. The second-order valence-electron chi connectivity index (χ2n) is 3.67. The van der Waals surface area contributed by atoms with Crippen molar-refractivity contribution in [3.63, 3.8) is 0 Å². The zero-order chi connectivity index (χ0) is 9.97. The molecule has 1 aromatic rings. The van der Waals surface area contributed by atoms with Crippen LogP contribution in [0.5, 0.6) is 0 Å². The molecule has 1 aromatic heterocycles. The van der Waals surface area contributed by atoms with E-state index in [1.165, 1.54) is 12.3 Å². The smallest absolute Gasteiger partial charge is 0.141 e. The molecule has 2 rings (SSSR count). The van der Waals surface area contributed by atoms with E-state index in [2.05, 4.69) is 4.98 Å². The number of Topliss-reactive ketones (excluding diaryl/α,β-unsaturated/α-hetero) is 1. The zero-order valence-corrected chi connectivity index (χ0v) is 7.87. The summed E-state index contributed by atoms with van der Waals surface area (Å²) in [5.41, 5.74) is 0.719. The summed E-state index contributed by atoms with van der Waals surface area (Å²) in [6, 6.07) is 2.98. The summed E-state index contributed by atoms with van der Waals surface area (Å²) in [4.78, 5) is 15.5. The Balaban J connectivity index is 2.20. The van der Waals surface area contributed by atoms with Gasteiger partial charge in [-0.15, -0.1) is 0 Å². The highest BCUT2D eigenvalue weighted by Gasteiger charge is 2.24. The van der Waals surface area contributed by atoms with E-state index in [-0.39, 0.29) is 17.5 Å². The van der Waals surface area contributed by atoms with Crippen molar-refractivity contribution in [3.8, 4) is 0 Å². The third-order valence-electron chi connectivity index (χ3n) is 2.66. The van der Waals surface area contributed by atoms with E-state index in [4.69, 9.17) is 0 Å². The Bertz CT molecular complexity index is 334. The second kappa shape index (κ2) is 3.86. The van der Waals surface area contributed by atoms with Crippen LogP contribution in [0.1, 0.15) is 37.3 Å². The van der Waals surface area contributed by atoms with Crippen LogP contribution in [-0.4, -0.2) is 10.8 Å². The van der Waals surface area contributed by atoms with E-state index in [0.717, 1.165) is 25.0 Å². The fraction of sp³-hybridized carbons (Fsp3) is 0.455. The van der Waals surface area contributed by atoms with Gasteiger partial charge in [-0.3, -0.25) is 9.78 Å². The van der Waals surface area contributed by atoms with Gasteiger partial charge in [0.2, 0.25) is 0 Å². The van der Waals surface area contributed by atoms with Gasteiger partial charge in [-0.25, -0.2) is 4.39 Å². The fourth-order valence-corrected chi connectivity index (χ4v) is 1.89. The number of ketones is 1. The average Bonchev–Trinajstić information content (AvgIpc) is 2.20. The van der Waals surface area contributed by atoms with Crippen LogP contribution in [0.15, 0.2) is 18.3 Å². The zero-order valence-electron chi connectivity index (χ0n) is 7.87. The molecular formula is C11H12FNO. The molecule has 0 spiro atoms. The lowest BCUT2D eigenvalue weighted by atomic mass is 9.85. The van der Waals surface area contributed by atoms with Crippen molar-refractivity contribution in [2.24, 2.45) is 0 Å². The Labute approximate surface area is 82.2 Å². The van der Waals surface area contributed by atoms with Crippen LogP contribution in [0.2, 0.25) is 0 Å². The first-order valence-corrected chi connectivity index (χ1v) is 4.91. The molecule has 1 aliphatic rings. The molecule has 1 unspecified atom stereocenters. The van der Waals surface area contributed by atoms with Crippen LogP contribution in [0.4, 0.5) is 4.39 Å². The first kappa shape index (κ1) is 9.31. The van der Waals surface area contributed by atoms with Gasteiger partial charge in [0.25, 0.3) is 0 Å². The van der Waals surface area contributed by atoms with Gasteiger partial charge in [-0.2, -0.15) is 0 Å². The van der Waals surface area contributed by atoms with Crippen LogP contribution >= 0.6 is 0 Å². The molecule has 0 radical (unpaired) electrons. The molecule has 2 nitrogen and oxygen atoms in total. The monoisotopic (exact) mass is 193 g/mol. The largest absolute Gasteiger partial charge is 0.299 e. The maximum absolute atomic E-state index is 12.6. The SMILES string of the molecule is O=C1CCCCC1c1ccc(F)cn1. The van der Waals surface area contributed by atoms with E-state index in [1.807, 2.05) is 0 Å². The standard InChI is InChI=1S/C11H12FNO/c12-8-5-6-10(13-7-8)9-3-1-2-4-11(9)14/h5-7,9H,1-4H2. The number of aromatic nitrogens is 1. The molecule has 0 aliphatic heterocycles. The molecule has 0 saturated heterocycles. The van der Waals surface area contributed by atoms with Gasteiger partial charge in [0.1, 0.15) is 11.6 Å². The van der Waals surface area contributed by atoms with E-state index in [0.29, 0.717) is 6.42 Å². The van der Waals surface area contributed by atoms with Crippen molar-refractivity contribution >= 4 is 5.78 Å². The maximum atomic E-state index is 12.6. The van der Waals surface area contributed by atoms with Gasteiger partial charge in [0.15, 0.2) is 0 Å². The van der Waals surface area contributed by atoms with Crippen molar-refractivity contribution in [2.75, 3.05) is 0 Å². The van der Waals surface area contributed by atoms with E-state index in [1.54, 1.807) is 6.07 Å². The topological polar surface area (TPSA) is 30.0 Å². The number of carbonyl (C=O) groups is 1. The summed E-state index contributed by atoms with van der Waals surface area (Å²) in [5, 5.41) is 0. The minimum absolute atomic E-state index is 0.0932. The number of carbonyl (C=O) groups excluding carboxylic acids is 1. The molecule has 0 amide bonds. The predicted molar refractivity (Wildman–Crippen MR) is 50.4 cm³/mol. The predicted octanol–water partition coefficient (Wildman–Crippen LogP) is 2.45. The Morgan fingerprint density at radius 2 is 2.21 bits per heavy atom. The highest BCUT2D eigenvalue weighted by Crippen LogP contribution is 2.28. The Morgan fingerprint density at radius 3 is 2.86 bits per heavy atom. The summed E-state index contributed by atoms with van der Waals surface area (Å²) in [7, 11) is 0. The van der Waals surface area contributed by atoms with Gasteiger partial charge in [-0.1, -0.05) is 6.42 Å². The van der Waals surface area contributed by atoms with Gasteiger partial charge < -0.3 is 0 Å². The van der Waals surface area contributed by atoms with Gasteiger partial charge in [0.05, 0.1) is 17.8 Å². The molecule has 1 atom stereocenters. The third-order valence-corrected chi connectivity index (χ3v) is 2.66. The average molecular weight is 193 g/mol. The van der Waals surface area contributed by atoms with Crippen molar-refractivity contribution in [1.29, 1.82) is 0 Å².